The zero-order valence-electron chi connectivity index (χ0n) is 5.76. The molecule has 0 saturated heterocycles. The van der Waals surface area contributed by atoms with Gasteiger partial charge in [0.05, 0.1) is 0 Å². The summed E-state index contributed by atoms with van der Waals surface area (Å²) in [6, 6.07) is 2.86. The van der Waals surface area contributed by atoms with Gasteiger partial charge < -0.3 is 0 Å². The first kappa shape index (κ1) is 6.15. The summed E-state index contributed by atoms with van der Waals surface area (Å²) >= 11 is 0. The van der Waals surface area contributed by atoms with E-state index >= 15 is 0 Å². The molecule has 1 aliphatic heterocycles. The summed E-state index contributed by atoms with van der Waals surface area (Å²) in [6.07, 6.45) is 2.83. The highest BCUT2D eigenvalue weighted by Gasteiger charge is 1.97. The van der Waals surface area contributed by atoms with E-state index in [1.165, 1.54) is 0 Å². The van der Waals surface area contributed by atoms with E-state index in [1.54, 1.807) is 5.01 Å². The first-order valence-corrected chi connectivity index (χ1v) is 3.05. The van der Waals surface area contributed by atoms with Crippen molar-refractivity contribution in [1.29, 1.82) is 0 Å². The Kier molecular flexibility index (Phi) is 1.74. The minimum atomic E-state index is 0.502. The second-order valence-corrected chi connectivity index (χ2v) is 2.26. The summed E-state index contributed by atoms with van der Waals surface area (Å²) in [5.41, 5.74) is 0. The maximum absolute atomic E-state index is 4.04. The van der Waals surface area contributed by atoms with E-state index in [0.29, 0.717) is 5.92 Å². The van der Waals surface area contributed by atoms with Gasteiger partial charge in [-0.2, -0.15) is 5.10 Å². The molecule has 48 valence electrons. The predicted octanol–water partition coefficient (Wildman–Crippen LogP) is 0.905. The van der Waals surface area contributed by atoms with Crippen LogP contribution in [0.25, 0.3) is 0 Å². The molecule has 0 bridgehead atoms. The predicted molar refractivity (Wildman–Crippen MR) is 37.8 cm³/mol. The van der Waals surface area contributed by atoms with Gasteiger partial charge in [-0.1, -0.05) is 12.8 Å². The van der Waals surface area contributed by atoms with Crippen LogP contribution >= 0.6 is 0 Å². The molecule has 0 aromatic carbocycles. The molecule has 1 heterocycles. The molecular formula is C7H10N2. The van der Waals surface area contributed by atoms with Gasteiger partial charge in [-0.05, 0) is 0 Å². The molecule has 0 amide bonds. The van der Waals surface area contributed by atoms with Crippen LogP contribution in [0.1, 0.15) is 13.3 Å². The van der Waals surface area contributed by atoms with Crippen LogP contribution in [0.2, 0.25) is 0 Å². The van der Waals surface area contributed by atoms with E-state index in [1.807, 2.05) is 13.3 Å². The number of hydrogen-bond acceptors (Lipinski definition) is 2. The maximum atomic E-state index is 4.04. The molecule has 0 aliphatic carbocycles. The van der Waals surface area contributed by atoms with Crippen LogP contribution in [0.3, 0.4) is 0 Å². The Morgan fingerprint density at radius 3 is 3.33 bits per heavy atom. The van der Waals surface area contributed by atoms with Gasteiger partial charge in [0.15, 0.2) is 0 Å². The Labute approximate surface area is 55.5 Å². The summed E-state index contributed by atoms with van der Waals surface area (Å²) in [5.74, 6) is 3.50. The summed E-state index contributed by atoms with van der Waals surface area (Å²) in [5, 5.41) is 5.68. The highest BCUT2D eigenvalue weighted by Crippen LogP contribution is 1.99. The molecule has 0 spiro atoms. The van der Waals surface area contributed by atoms with Crippen molar-refractivity contribution >= 4 is 6.21 Å². The Balaban J connectivity index is 2.64. The molecule has 0 aromatic heterocycles. The van der Waals surface area contributed by atoms with E-state index < -0.39 is 0 Å². The van der Waals surface area contributed by atoms with Crippen LogP contribution in [0.4, 0.5) is 0 Å². The largest absolute Gasteiger partial charge is 0.226 e. The molecule has 0 fully saturated rings. The lowest BCUT2D eigenvalue weighted by molar-refractivity contribution is 0.522. The van der Waals surface area contributed by atoms with Crippen molar-refractivity contribution in [1.82, 2.24) is 5.01 Å². The number of hydrogen-bond donors (Lipinski definition) is 0. The summed E-state index contributed by atoms with van der Waals surface area (Å²) in [6.45, 7) is 2.11. The van der Waals surface area contributed by atoms with Crippen molar-refractivity contribution in [3.63, 3.8) is 0 Å². The fourth-order valence-electron chi connectivity index (χ4n) is 0.616. The van der Waals surface area contributed by atoms with E-state index in [-0.39, 0.29) is 0 Å². The number of hydrazone groups is 1. The van der Waals surface area contributed by atoms with Crippen molar-refractivity contribution in [2.45, 2.75) is 13.3 Å². The van der Waals surface area contributed by atoms with Crippen LogP contribution in [0.15, 0.2) is 5.10 Å². The van der Waals surface area contributed by atoms with Gasteiger partial charge in [-0.15, -0.1) is 0 Å². The van der Waals surface area contributed by atoms with Crippen LogP contribution < -0.4 is 0 Å². The topological polar surface area (TPSA) is 15.6 Å². The number of rotatable bonds is 0. The quantitative estimate of drug-likeness (QED) is 0.436. The molecule has 1 atom stereocenters. The Bertz CT molecular complexity index is 173. The molecule has 1 aliphatic rings. The smallest absolute Gasteiger partial charge is 0.0391 e. The van der Waals surface area contributed by atoms with Crippen LogP contribution in [0.5, 0.6) is 0 Å². The molecule has 0 N–H and O–H groups in total. The van der Waals surface area contributed by atoms with Gasteiger partial charge in [0.1, 0.15) is 0 Å². The third-order valence-corrected chi connectivity index (χ3v) is 1.16. The summed E-state index contributed by atoms with van der Waals surface area (Å²) in [7, 11) is 1.85. The first-order chi connectivity index (χ1) is 4.29. The zero-order chi connectivity index (χ0) is 6.69. The Morgan fingerprint density at radius 1 is 1.78 bits per heavy atom. The van der Waals surface area contributed by atoms with Crippen LogP contribution in [-0.4, -0.2) is 18.3 Å². The van der Waals surface area contributed by atoms with Gasteiger partial charge in [0.2, 0.25) is 0 Å². The molecule has 0 radical (unpaired) electrons. The third-order valence-electron chi connectivity index (χ3n) is 1.16. The molecule has 1 rings (SSSR count). The van der Waals surface area contributed by atoms with Crippen molar-refractivity contribution in [3.8, 4) is 12.0 Å². The molecule has 0 aromatic rings. The minimum Gasteiger partial charge on any atom is -0.226 e. The molecule has 9 heavy (non-hydrogen) atoms. The lowest BCUT2D eigenvalue weighted by Gasteiger charge is -1.98. The third kappa shape index (κ3) is 1.77. The SMILES string of the molecule is CC1C=NN(C)C#CC1. The summed E-state index contributed by atoms with van der Waals surface area (Å²) < 4.78 is 0. The minimum absolute atomic E-state index is 0.502. The highest BCUT2D eigenvalue weighted by molar-refractivity contribution is 5.60. The zero-order valence-corrected chi connectivity index (χ0v) is 5.76. The maximum Gasteiger partial charge on any atom is 0.0391 e. The normalized spacial score (nSPS) is 24.7. The van der Waals surface area contributed by atoms with Crippen LogP contribution in [0, 0.1) is 17.9 Å². The van der Waals surface area contributed by atoms with Gasteiger partial charge >= 0.3 is 0 Å². The van der Waals surface area contributed by atoms with Crippen LogP contribution in [-0.2, 0) is 0 Å². The standard InChI is InChI=1S/C7H10N2/c1-7-4-3-5-9(2)8-6-7/h6-7H,4H2,1-2H3. The Morgan fingerprint density at radius 2 is 2.56 bits per heavy atom. The van der Waals surface area contributed by atoms with Gasteiger partial charge in [0.25, 0.3) is 0 Å². The van der Waals surface area contributed by atoms with Gasteiger partial charge in [-0.25, -0.2) is 5.01 Å². The first-order valence-electron chi connectivity index (χ1n) is 3.05. The van der Waals surface area contributed by atoms with E-state index in [9.17, 15) is 0 Å². The van der Waals surface area contributed by atoms with Gasteiger partial charge in [0, 0.05) is 31.6 Å². The van der Waals surface area contributed by atoms with E-state index in [2.05, 4.69) is 24.0 Å². The van der Waals surface area contributed by atoms with Crippen molar-refractivity contribution in [3.05, 3.63) is 0 Å². The van der Waals surface area contributed by atoms with E-state index in [4.69, 9.17) is 0 Å². The van der Waals surface area contributed by atoms with Crippen molar-refractivity contribution < 1.29 is 0 Å². The summed E-state index contributed by atoms with van der Waals surface area (Å²) in [4.78, 5) is 0. The van der Waals surface area contributed by atoms with Crippen molar-refractivity contribution in [2.75, 3.05) is 7.05 Å². The average molecular weight is 122 g/mol. The van der Waals surface area contributed by atoms with Gasteiger partial charge in [-0.3, -0.25) is 0 Å². The van der Waals surface area contributed by atoms with Crippen molar-refractivity contribution in [2.24, 2.45) is 11.0 Å². The average Bonchev–Trinajstić information content (AvgIpc) is 1.97. The highest BCUT2D eigenvalue weighted by atomic mass is 15.4. The lowest BCUT2D eigenvalue weighted by Crippen LogP contribution is -2.01. The molecule has 2 heteroatoms. The monoisotopic (exact) mass is 122 g/mol. The molecule has 1 unspecified atom stereocenters. The molecule has 0 saturated carbocycles. The lowest BCUT2D eigenvalue weighted by atomic mass is 10.1. The molecule has 2 nitrogen and oxygen atoms in total. The second-order valence-electron chi connectivity index (χ2n) is 2.26. The second kappa shape index (κ2) is 2.54. The molecular weight excluding hydrogens is 112 g/mol. The fourth-order valence-corrected chi connectivity index (χ4v) is 0.616. The van der Waals surface area contributed by atoms with E-state index in [0.717, 1.165) is 6.42 Å². The fraction of sp³-hybridized carbons (Fsp3) is 0.571. The number of nitrogens with zero attached hydrogens (tertiary/aromatic N) is 2. The Hall–Kier alpha value is -0.970.